The Kier molecular flexibility index (Phi) is 26.1. The van der Waals surface area contributed by atoms with Crippen molar-refractivity contribution in [2.24, 2.45) is 0 Å². The summed E-state index contributed by atoms with van der Waals surface area (Å²) in [6.07, 6.45) is 4.07. The van der Waals surface area contributed by atoms with E-state index in [1.54, 1.807) is 23.5 Å². The number of nitrogens with zero attached hydrogens (tertiary/aromatic N) is 8. The number of halogens is 2. The molecule has 0 aliphatic carbocycles. The van der Waals surface area contributed by atoms with Crippen LogP contribution in [0.1, 0.15) is 48.1 Å². The first-order valence-electron chi connectivity index (χ1n) is 22.2. The Labute approximate surface area is 518 Å². The van der Waals surface area contributed by atoms with Crippen LogP contribution >= 0.6 is 39.5 Å². The molecule has 0 saturated heterocycles. The number of hydrogen-bond acceptors (Lipinski definition) is 10. The third kappa shape index (κ3) is 18.4. The number of aromatic nitrogens is 10. The predicted molar refractivity (Wildman–Crippen MR) is 274 cm³/mol. The quantitative estimate of drug-likeness (QED) is 0.0334. The molecule has 0 spiro atoms. The Bertz CT molecular complexity index is 3160. The molecule has 0 amide bonds. The van der Waals surface area contributed by atoms with Crippen LogP contribution in [0, 0.1) is 27.7 Å². The van der Waals surface area contributed by atoms with Gasteiger partial charge in [0.25, 0.3) is 12.3 Å². The molecule has 19 heteroatoms. The molecule has 0 aliphatic heterocycles. The SMILES string of the molecule is BrCc1ccccc1.Cc1cc(C)n2nc(SCc3[nH]c(-c4ccccc4)c[n+]3Cc3ccccc3)nc2c1.Cc1cc(C)n2nc(SCc3ncc(-c4ccccc4)[nH]3)nc2c1.O=CO[O-].[2H]CF.[H-].[K+].[K+]. The van der Waals surface area contributed by atoms with Crippen molar-refractivity contribution in [1.29, 1.82) is 0 Å². The number of rotatable bonds is 12. The summed E-state index contributed by atoms with van der Waals surface area (Å²) in [6.45, 7) is 8.90. The maximum atomic E-state index is 9.96. The Morgan fingerprint density at radius 3 is 1.63 bits per heavy atom. The summed E-state index contributed by atoms with van der Waals surface area (Å²) < 4.78 is 21.6. The van der Waals surface area contributed by atoms with Gasteiger partial charge in [-0.05, 0) is 79.8 Å². The van der Waals surface area contributed by atoms with E-state index in [2.05, 4.69) is 174 Å². The zero-order chi connectivity index (χ0) is 49.7. The normalized spacial score (nSPS) is 10.3. The molecular formula is C52H53BrFK2N10O3S2+. The predicted octanol–water partition coefficient (Wildman–Crippen LogP) is 4.72. The molecule has 6 heterocycles. The molecule has 10 aromatic rings. The fourth-order valence-electron chi connectivity index (χ4n) is 7.04. The van der Waals surface area contributed by atoms with Crippen LogP contribution in [0.5, 0.6) is 0 Å². The van der Waals surface area contributed by atoms with Crippen molar-refractivity contribution in [3.05, 3.63) is 203 Å². The zero-order valence-corrected chi connectivity index (χ0v) is 50.0. The largest absolute Gasteiger partial charge is 1.00 e. The zero-order valence-electron chi connectivity index (χ0n) is 42.5. The number of benzene rings is 4. The first kappa shape index (κ1) is 58.2. The van der Waals surface area contributed by atoms with Crippen LogP contribution in [0.4, 0.5) is 4.39 Å². The molecule has 71 heavy (non-hydrogen) atoms. The molecular weight excluding hydrogens is 1050 g/mol. The second kappa shape index (κ2) is 31.8. The number of imidazole rings is 2. The van der Waals surface area contributed by atoms with E-state index in [0.717, 1.165) is 79.2 Å². The number of pyridine rings is 2. The molecule has 0 radical (unpaired) electrons. The van der Waals surface area contributed by atoms with Crippen molar-refractivity contribution in [3.63, 3.8) is 0 Å². The number of carbonyl (C=O) groups excluding carboxylic acids is 1. The van der Waals surface area contributed by atoms with E-state index in [-0.39, 0.29) is 111 Å². The van der Waals surface area contributed by atoms with Gasteiger partial charge in [-0.3, -0.25) is 9.18 Å². The van der Waals surface area contributed by atoms with Crippen LogP contribution in [-0.2, 0) is 33.1 Å². The summed E-state index contributed by atoms with van der Waals surface area (Å²) in [6, 6.07) is 49.8. The standard InChI is InChI=1S/C25H23N5S.C18H17N5S.C7H7Br.CH3F.CH2O3.2K.H/c1-18-13-19(2)30-23(14-18)27-25(28-30)31-17-24-26-22(21-11-7-4-8-12-21)16-29(24)15-20-9-5-3-6-10-20;1-12-8-13(2)23-17(9-12)21-18(22-23)24-11-16-19-10-15(20-16)14-6-4-3-5-7-14;8-6-7-4-2-1-3-5-7;1-2;2-1-4-3;;;/h3-14,16H,15,17H2,1-2H3;3-10H,11H2,1-2H3,(H,19,20);1-5H,6H2;1H3;1,3H;;;/q;;;;;2*+1;-1/i;;;1D;;;;. The molecule has 10 rings (SSSR count). The number of H-pyrrole nitrogens is 2. The summed E-state index contributed by atoms with van der Waals surface area (Å²) in [5, 5.41) is 20.2. The smallest absolute Gasteiger partial charge is 1.00 e. The second-order valence-corrected chi connectivity index (χ2v) is 17.7. The monoisotopic (exact) mass is 1110 g/mol. The average molecular weight is 1110 g/mol. The number of hydrogen-bond donors (Lipinski definition) is 2. The van der Waals surface area contributed by atoms with Crippen LogP contribution in [0.25, 0.3) is 33.8 Å². The van der Waals surface area contributed by atoms with Gasteiger partial charge in [0.05, 0.1) is 26.2 Å². The van der Waals surface area contributed by atoms with Gasteiger partial charge in [-0.15, -0.1) is 10.2 Å². The van der Waals surface area contributed by atoms with Crippen LogP contribution < -0.4 is 113 Å². The van der Waals surface area contributed by atoms with Gasteiger partial charge in [0.15, 0.2) is 17.0 Å². The minimum Gasteiger partial charge on any atom is -1.00 e. The first-order chi connectivity index (χ1) is 34.1. The molecule has 0 aliphatic rings. The summed E-state index contributed by atoms with van der Waals surface area (Å²) >= 11 is 6.59. The molecule has 4 aromatic carbocycles. The molecule has 2 N–H and O–H groups in total. The van der Waals surface area contributed by atoms with Gasteiger partial charge < -0.3 is 16.6 Å². The Hall–Kier alpha value is -3.65. The van der Waals surface area contributed by atoms with E-state index in [1.807, 2.05) is 70.7 Å². The number of alkyl halides is 2. The van der Waals surface area contributed by atoms with E-state index in [9.17, 15) is 4.39 Å². The van der Waals surface area contributed by atoms with Crippen molar-refractivity contribution < 1.29 is 129 Å². The average Bonchev–Trinajstić information content (AvgIpc) is 4.21. The van der Waals surface area contributed by atoms with Crippen molar-refractivity contribution in [2.45, 2.75) is 61.4 Å². The number of aryl methyl sites for hydroxylation is 4. The topological polar surface area (TPSA) is 158 Å². The van der Waals surface area contributed by atoms with Gasteiger partial charge in [0.1, 0.15) is 24.3 Å². The van der Waals surface area contributed by atoms with Crippen LogP contribution in [0.3, 0.4) is 0 Å². The van der Waals surface area contributed by atoms with Crippen molar-refractivity contribution in [1.82, 2.24) is 44.1 Å². The summed E-state index contributed by atoms with van der Waals surface area (Å²) in [5.41, 5.74) is 13.4. The molecule has 6 aromatic heterocycles. The third-order valence-corrected chi connectivity index (χ3v) is 12.4. The minimum atomic E-state index is -1.00. The van der Waals surface area contributed by atoms with E-state index in [1.165, 1.54) is 27.8 Å². The van der Waals surface area contributed by atoms with Gasteiger partial charge in [-0.1, -0.05) is 161 Å². The Morgan fingerprint density at radius 2 is 1.17 bits per heavy atom. The van der Waals surface area contributed by atoms with Gasteiger partial charge in [-0.25, -0.2) is 33.5 Å². The Balaban J connectivity index is 0.000000296. The first-order valence-corrected chi connectivity index (χ1v) is 24.6. The van der Waals surface area contributed by atoms with E-state index < -0.39 is 7.15 Å². The molecule has 0 atom stereocenters. The van der Waals surface area contributed by atoms with Crippen LogP contribution in [-0.4, -0.2) is 57.8 Å². The van der Waals surface area contributed by atoms with Gasteiger partial charge in [0.2, 0.25) is 10.3 Å². The van der Waals surface area contributed by atoms with Gasteiger partial charge in [0, 0.05) is 22.3 Å². The molecule has 0 unspecified atom stereocenters. The molecule has 0 saturated carbocycles. The molecule has 13 nitrogen and oxygen atoms in total. The number of aromatic amines is 2. The molecule has 0 fully saturated rings. The number of fused-ring (bicyclic) bond motifs is 2. The van der Waals surface area contributed by atoms with E-state index in [4.69, 9.17) is 21.5 Å². The fourth-order valence-corrected chi connectivity index (χ4v) is 8.93. The summed E-state index contributed by atoms with van der Waals surface area (Å²) in [7, 11) is -1.00. The van der Waals surface area contributed by atoms with Gasteiger partial charge >= 0.3 is 103 Å². The number of carbonyl (C=O) groups is 1. The summed E-state index contributed by atoms with van der Waals surface area (Å²) in [5.74, 6) is 3.53. The molecule has 356 valence electrons. The Morgan fingerprint density at radius 1 is 0.718 bits per heavy atom. The van der Waals surface area contributed by atoms with Gasteiger partial charge in [-0.2, -0.15) is 0 Å². The van der Waals surface area contributed by atoms with E-state index >= 15 is 0 Å². The fraction of sp³-hybridized carbons (Fsp3) is 0.173. The maximum Gasteiger partial charge on any atom is 1.00 e. The van der Waals surface area contributed by atoms with E-state index in [0.29, 0.717) is 5.75 Å². The van der Waals surface area contributed by atoms with Crippen molar-refractivity contribution in [2.75, 3.05) is 7.15 Å². The van der Waals surface area contributed by atoms with Crippen LogP contribution in [0.2, 0.25) is 0 Å². The van der Waals surface area contributed by atoms with Crippen molar-refractivity contribution in [3.8, 4) is 22.5 Å². The maximum absolute atomic E-state index is 9.96. The third-order valence-electron chi connectivity index (χ3n) is 10.1. The summed E-state index contributed by atoms with van der Waals surface area (Å²) in [4.78, 5) is 32.0. The minimum absolute atomic E-state index is 0. The number of nitrogens with one attached hydrogen (secondary N) is 2. The van der Waals surface area contributed by atoms with Crippen molar-refractivity contribution >= 4 is 57.2 Å². The number of thioether (sulfide) groups is 2. The van der Waals surface area contributed by atoms with Crippen LogP contribution in [0.15, 0.2) is 168 Å². The molecule has 0 bridgehead atoms. The second-order valence-electron chi connectivity index (χ2n) is 15.3.